The summed E-state index contributed by atoms with van der Waals surface area (Å²) in [7, 11) is 0. The van der Waals surface area contributed by atoms with E-state index < -0.39 is 0 Å². The SMILES string of the molecule is CCCNc1ccc(C(=O)N2CCCSCC2)cn1. The minimum Gasteiger partial charge on any atom is -0.370 e. The van der Waals surface area contributed by atoms with Crippen LogP contribution in [-0.4, -0.2) is 46.9 Å². The molecule has 1 aromatic rings. The average molecular weight is 279 g/mol. The van der Waals surface area contributed by atoms with Crippen LogP contribution >= 0.6 is 11.8 Å². The van der Waals surface area contributed by atoms with Crippen LogP contribution in [0.5, 0.6) is 0 Å². The van der Waals surface area contributed by atoms with Crippen LogP contribution in [0.1, 0.15) is 30.1 Å². The molecule has 104 valence electrons. The highest BCUT2D eigenvalue weighted by Crippen LogP contribution is 2.14. The standard InChI is InChI=1S/C14H21N3OS/c1-2-6-15-13-5-4-12(11-16-13)14(18)17-7-3-9-19-10-8-17/h4-5,11H,2-3,6-10H2,1H3,(H,15,16). The van der Waals surface area contributed by atoms with Gasteiger partial charge in [0.25, 0.3) is 5.91 Å². The number of carbonyl (C=O) groups excluding carboxylic acids is 1. The molecule has 1 aliphatic rings. The molecule has 0 aliphatic carbocycles. The number of hydrogen-bond acceptors (Lipinski definition) is 4. The molecule has 2 heterocycles. The Bertz CT molecular complexity index is 400. The van der Waals surface area contributed by atoms with Crippen molar-refractivity contribution in [3.63, 3.8) is 0 Å². The van der Waals surface area contributed by atoms with E-state index in [1.165, 1.54) is 0 Å². The lowest BCUT2D eigenvalue weighted by Crippen LogP contribution is -2.33. The molecule has 0 radical (unpaired) electrons. The zero-order chi connectivity index (χ0) is 13.5. The van der Waals surface area contributed by atoms with Gasteiger partial charge in [0.1, 0.15) is 5.82 Å². The number of pyridine rings is 1. The molecule has 0 atom stereocenters. The van der Waals surface area contributed by atoms with Crippen molar-refractivity contribution < 1.29 is 4.79 Å². The van der Waals surface area contributed by atoms with Gasteiger partial charge in [-0.1, -0.05) is 6.92 Å². The Morgan fingerprint density at radius 2 is 2.32 bits per heavy atom. The molecule has 1 aliphatic heterocycles. The van der Waals surface area contributed by atoms with Gasteiger partial charge in [0, 0.05) is 31.6 Å². The van der Waals surface area contributed by atoms with Crippen molar-refractivity contribution in [2.45, 2.75) is 19.8 Å². The molecule has 0 saturated carbocycles. The third kappa shape index (κ3) is 4.13. The van der Waals surface area contributed by atoms with E-state index in [1.807, 2.05) is 28.8 Å². The molecule has 0 unspecified atom stereocenters. The fourth-order valence-electron chi connectivity index (χ4n) is 2.01. The average Bonchev–Trinajstić information content (AvgIpc) is 2.74. The monoisotopic (exact) mass is 279 g/mol. The summed E-state index contributed by atoms with van der Waals surface area (Å²) in [6, 6.07) is 3.75. The molecule has 19 heavy (non-hydrogen) atoms. The van der Waals surface area contributed by atoms with Crippen molar-refractivity contribution in [3.8, 4) is 0 Å². The first-order valence-corrected chi connectivity index (χ1v) is 8.03. The number of aromatic nitrogens is 1. The van der Waals surface area contributed by atoms with Gasteiger partial charge in [0.2, 0.25) is 0 Å². The van der Waals surface area contributed by atoms with Crippen molar-refractivity contribution in [3.05, 3.63) is 23.9 Å². The van der Waals surface area contributed by atoms with E-state index >= 15 is 0 Å². The summed E-state index contributed by atoms with van der Waals surface area (Å²) < 4.78 is 0. The van der Waals surface area contributed by atoms with Crippen LogP contribution in [0.4, 0.5) is 5.82 Å². The highest BCUT2D eigenvalue weighted by Gasteiger charge is 2.17. The first-order chi connectivity index (χ1) is 9.31. The van der Waals surface area contributed by atoms with Gasteiger partial charge < -0.3 is 10.2 Å². The first kappa shape index (κ1) is 14.2. The smallest absolute Gasteiger partial charge is 0.255 e. The Hall–Kier alpha value is -1.23. The minimum absolute atomic E-state index is 0.108. The number of hydrogen-bond donors (Lipinski definition) is 1. The van der Waals surface area contributed by atoms with Crippen molar-refractivity contribution >= 4 is 23.5 Å². The summed E-state index contributed by atoms with van der Waals surface area (Å²) in [6.45, 7) is 4.73. The zero-order valence-electron chi connectivity index (χ0n) is 11.4. The summed E-state index contributed by atoms with van der Waals surface area (Å²) in [4.78, 5) is 18.6. The molecule has 1 amide bonds. The molecule has 0 aromatic carbocycles. The van der Waals surface area contributed by atoms with Gasteiger partial charge in [-0.15, -0.1) is 0 Å². The van der Waals surface area contributed by atoms with Crippen molar-refractivity contribution in [1.29, 1.82) is 0 Å². The first-order valence-electron chi connectivity index (χ1n) is 6.88. The summed E-state index contributed by atoms with van der Waals surface area (Å²) in [6.07, 6.45) is 3.83. The molecule has 1 fully saturated rings. The second-order valence-electron chi connectivity index (χ2n) is 4.62. The molecular formula is C14H21N3OS. The van der Waals surface area contributed by atoms with E-state index in [-0.39, 0.29) is 5.91 Å². The normalized spacial score (nSPS) is 15.9. The molecule has 2 rings (SSSR count). The summed E-state index contributed by atoms with van der Waals surface area (Å²) in [5.41, 5.74) is 0.689. The van der Waals surface area contributed by atoms with Crippen molar-refractivity contribution in [2.24, 2.45) is 0 Å². The number of carbonyl (C=O) groups is 1. The predicted molar refractivity (Wildman–Crippen MR) is 80.9 cm³/mol. The predicted octanol–water partition coefficient (Wildman–Crippen LogP) is 2.48. The van der Waals surface area contributed by atoms with Gasteiger partial charge in [-0.3, -0.25) is 4.79 Å². The lowest BCUT2D eigenvalue weighted by Gasteiger charge is -2.19. The zero-order valence-corrected chi connectivity index (χ0v) is 12.2. The topological polar surface area (TPSA) is 45.2 Å². The number of anilines is 1. The lowest BCUT2D eigenvalue weighted by molar-refractivity contribution is 0.0768. The Morgan fingerprint density at radius 3 is 3.05 bits per heavy atom. The Labute approximate surface area is 119 Å². The second kappa shape index (κ2) is 7.38. The molecule has 0 spiro atoms. The van der Waals surface area contributed by atoms with Gasteiger partial charge in [0.15, 0.2) is 0 Å². The van der Waals surface area contributed by atoms with E-state index in [2.05, 4.69) is 17.2 Å². The summed E-state index contributed by atoms with van der Waals surface area (Å²) in [5, 5.41) is 3.21. The van der Waals surface area contributed by atoms with E-state index in [0.717, 1.165) is 49.8 Å². The molecule has 1 aromatic heterocycles. The molecule has 1 N–H and O–H groups in total. The van der Waals surface area contributed by atoms with Crippen LogP contribution in [-0.2, 0) is 0 Å². The van der Waals surface area contributed by atoms with E-state index in [1.54, 1.807) is 6.20 Å². The highest BCUT2D eigenvalue weighted by molar-refractivity contribution is 7.99. The van der Waals surface area contributed by atoms with Crippen LogP contribution in [0, 0.1) is 0 Å². The van der Waals surface area contributed by atoms with Gasteiger partial charge in [-0.05, 0) is 30.7 Å². The number of amides is 1. The fourth-order valence-corrected chi connectivity index (χ4v) is 2.90. The van der Waals surface area contributed by atoms with Crippen molar-refractivity contribution in [2.75, 3.05) is 36.5 Å². The maximum Gasteiger partial charge on any atom is 0.255 e. The number of nitrogens with one attached hydrogen (secondary N) is 1. The quantitative estimate of drug-likeness (QED) is 0.919. The van der Waals surface area contributed by atoms with Crippen LogP contribution < -0.4 is 5.32 Å². The minimum atomic E-state index is 0.108. The van der Waals surface area contributed by atoms with Crippen LogP contribution in [0.2, 0.25) is 0 Å². The third-order valence-corrected chi connectivity index (χ3v) is 4.12. The molecular weight excluding hydrogens is 258 g/mol. The third-order valence-electron chi connectivity index (χ3n) is 3.08. The Kier molecular flexibility index (Phi) is 5.51. The van der Waals surface area contributed by atoms with E-state index in [0.29, 0.717) is 5.56 Å². The maximum atomic E-state index is 12.3. The Morgan fingerprint density at radius 1 is 1.42 bits per heavy atom. The van der Waals surface area contributed by atoms with Crippen LogP contribution in [0.15, 0.2) is 18.3 Å². The van der Waals surface area contributed by atoms with Gasteiger partial charge >= 0.3 is 0 Å². The van der Waals surface area contributed by atoms with E-state index in [9.17, 15) is 4.79 Å². The Balaban J connectivity index is 1.98. The lowest BCUT2D eigenvalue weighted by atomic mass is 10.2. The molecule has 0 bridgehead atoms. The molecule has 4 nitrogen and oxygen atoms in total. The highest BCUT2D eigenvalue weighted by atomic mass is 32.2. The maximum absolute atomic E-state index is 12.3. The van der Waals surface area contributed by atoms with Gasteiger partial charge in [-0.25, -0.2) is 4.98 Å². The number of nitrogens with zero attached hydrogens (tertiary/aromatic N) is 2. The molecule has 1 saturated heterocycles. The van der Waals surface area contributed by atoms with Crippen molar-refractivity contribution in [1.82, 2.24) is 9.88 Å². The van der Waals surface area contributed by atoms with Crippen LogP contribution in [0.25, 0.3) is 0 Å². The van der Waals surface area contributed by atoms with Gasteiger partial charge in [0.05, 0.1) is 5.56 Å². The fraction of sp³-hybridized carbons (Fsp3) is 0.571. The molecule has 5 heteroatoms. The summed E-state index contributed by atoms with van der Waals surface area (Å²) >= 11 is 1.92. The number of thioether (sulfide) groups is 1. The second-order valence-corrected chi connectivity index (χ2v) is 5.84. The van der Waals surface area contributed by atoms with E-state index in [4.69, 9.17) is 0 Å². The largest absolute Gasteiger partial charge is 0.370 e. The van der Waals surface area contributed by atoms with Gasteiger partial charge in [-0.2, -0.15) is 11.8 Å². The summed E-state index contributed by atoms with van der Waals surface area (Å²) in [5.74, 6) is 3.14. The number of rotatable bonds is 4. The van der Waals surface area contributed by atoms with Crippen LogP contribution in [0.3, 0.4) is 0 Å².